The highest BCUT2D eigenvalue weighted by molar-refractivity contribution is 5.33. The Labute approximate surface area is 117 Å². The van der Waals surface area contributed by atoms with E-state index in [1.54, 1.807) is 6.92 Å². The highest BCUT2D eigenvalue weighted by Crippen LogP contribution is 2.26. The average Bonchev–Trinajstić information content (AvgIpc) is 2.38. The van der Waals surface area contributed by atoms with Gasteiger partial charge in [-0.2, -0.15) is 10.2 Å². The Hall–Kier alpha value is -2.82. The van der Waals surface area contributed by atoms with E-state index in [2.05, 4.69) is 14.7 Å². The second-order valence-corrected chi connectivity index (χ2v) is 3.91. The highest BCUT2D eigenvalue weighted by Gasteiger charge is 2.30. The number of hydrogen-bond donors (Lipinski definition) is 0. The molecule has 0 amide bonds. The Morgan fingerprint density at radius 2 is 1.71 bits per heavy atom. The summed E-state index contributed by atoms with van der Waals surface area (Å²) in [5.74, 6) is -0.142. The zero-order valence-electron chi connectivity index (χ0n) is 10.7. The molecule has 1 heterocycles. The summed E-state index contributed by atoms with van der Waals surface area (Å²) >= 11 is 0. The summed E-state index contributed by atoms with van der Waals surface area (Å²) < 4.78 is 45.0. The number of rotatable bonds is 3. The summed E-state index contributed by atoms with van der Waals surface area (Å²) in [4.78, 5) is 7.79. The van der Waals surface area contributed by atoms with Crippen molar-refractivity contribution in [1.82, 2.24) is 9.97 Å². The molecule has 0 saturated heterocycles. The lowest BCUT2D eigenvalue weighted by molar-refractivity contribution is -0.274. The Balaban J connectivity index is 2.14. The van der Waals surface area contributed by atoms with Gasteiger partial charge in [-0.15, -0.1) is 13.2 Å². The molecule has 0 atom stereocenters. The van der Waals surface area contributed by atoms with Gasteiger partial charge >= 0.3 is 12.4 Å². The lowest BCUT2D eigenvalue weighted by atomic mass is 10.3. The summed E-state index contributed by atoms with van der Waals surface area (Å²) in [5, 5.41) is 8.78. The van der Waals surface area contributed by atoms with Gasteiger partial charge in [-0.25, -0.2) is 4.98 Å². The van der Waals surface area contributed by atoms with E-state index >= 15 is 0 Å². The van der Waals surface area contributed by atoms with Gasteiger partial charge in [0.15, 0.2) is 0 Å². The van der Waals surface area contributed by atoms with Gasteiger partial charge in [0.25, 0.3) is 0 Å². The fourth-order valence-electron chi connectivity index (χ4n) is 1.46. The summed E-state index contributed by atoms with van der Waals surface area (Å²) in [5.41, 5.74) is 0.670. The molecule has 0 unspecified atom stereocenters. The van der Waals surface area contributed by atoms with Crippen LogP contribution in [0.15, 0.2) is 30.3 Å². The third-order valence-electron chi connectivity index (χ3n) is 2.21. The number of aryl methyl sites for hydroxylation is 1. The van der Waals surface area contributed by atoms with Crippen LogP contribution in [0.2, 0.25) is 0 Å². The largest absolute Gasteiger partial charge is 0.573 e. The van der Waals surface area contributed by atoms with Crippen molar-refractivity contribution < 1.29 is 22.6 Å². The predicted molar refractivity (Wildman–Crippen MR) is 64.7 cm³/mol. The second kappa shape index (κ2) is 5.66. The third-order valence-corrected chi connectivity index (χ3v) is 2.21. The van der Waals surface area contributed by atoms with Crippen LogP contribution in [0.3, 0.4) is 0 Å². The number of halogens is 3. The van der Waals surface area contributed by atoms with Gasteiger partial charge in [-0.1, -0.05) is 0 Å². The maximum Gasteiger partial charge on any atom is 0.573 e. The smallest absolute Gasteiger partial charge is 0.424 e. The standard InChI is InChI=1S/C13H8F3N3O2/c1-8-6-9(7-17)19-12(18-8)20-10-2-4-11(5-3-10)21-13(14,15)16/h2-6H,1H3. The van der Waals surface area contributed by atoms with E-state index < -0.39 is 6.36 Å². The maximum atomic E-state index is 12.0. The van der Waals surface area contributed by atoms with Crippen molar-refractivity contribution >= 4 is 0 Å². The normalized spacial score (nSPS) is 10.8. The van der Waals surface area contributed by atoms with E-state index in [1.165, 1.54) is 18.2 Å². The fourth-order valence-corrected chi connectivity index (χ4v) is 1.46. The molecule has 108 valence electrons. The van der Waals surface area contributed by atoms with E-state index in [1.807, 2.05) is 6.07 Å². The zero-order valence-corrected chi connectivity index (χ0v) is 10.7. The van der Waals surface area contributed by atoms with E-state index in [0.717, 1.165) is 12.1 Å². The first kappa shape index (κ1) is 14.6. The molecule has 0 N–H and O–H groups in total. The van der Waals surface area contributed by atoms with Crippen molar-refractivity contribution in [2.24, 2.45) is 0 Å². The quantitative estimate of drug-likeness (QED) is 0.868. The molecule has 5 nitrogen and oxygen atoms in total. The zero-order chi connectivity index (χ0) is 15.5. The van der Waals surface area contributed by atoms with Gasteiger partial charge < -0.3 is 9.47 Å². The molecule has 0 radical (unpaired) electrons. The van der Waals surface area contributed by atoms with Gasteiger partial charge in [-0.05, 0) is 37.3 Å². The number of nitriles is 1. The Morgan fingerprint density at radius 1 is 1.10 bits per heavy atom. The summed E-state index contributed by atoms with van der Waals surface area (Å²) in [6.07, 6.45) is -4.75. The maximum absolute atomic E-state index is 12.0. The number of benzene rings is 1. The molecular weight excluding hydrogens is 287 g/mol. The van der Waals surface area contributed by atoms with Crippen molar-refractivity contribution in [1.29, 1.82) is 5.26 Å². The molecule has 1 aromatic heterocycles. The SMILES string of the molecule is Cc1cc(C#N)nc(Oc2ccc(OC(F)(F)F)cc2)n1. The van der Waals surface area contributed by atoms with Crippen LogP contribution in [0.4, 0.5) is 13.2 Å². The van der Waals surface area contributed by atoms with E-state index in [0.29, 0.717) is 5.69 Å². The van der Waals surface area contributed by atoms with Crippen LogP contribution in [0.25, 0.3) is 0 Å². The summed E-state index contributed by atoms with van der Waals surface area (Å²) in [6.45, 7) is 1.66. The highest BCUT2D eigenvalue weighted by atomic mass is 19.4. The van der Waals surface area contributed by atoms with Crippen LogP contribution in [0, 0.1) is 18.3 Å². The fraction of sp³-hybridized carbons (Fsp3) is 0.154. The number of alkyl halides is 3. The first-order valence-corrected chi connectivity index (χ1v) is 5.65. The molecular formula is C13H8F3N3O2. The van der Waals surface area contributed by atoms with Crippen LogP contribution < -0.4 is 9.47 Å². The number of ether oxygens (including phenoxy) is 2. The molecule has 21 heavy (non-hydrogen) atoms. The van der Waals surface area contributed by atoms with Crippen molar-refractivity contribution in [3.05, 3.63) is 41.7 Å². The van der Waals surface area contributed by atoms with Gasteiger partial charge in [0.1, 0.15) is 23.3 Å². The summed E-state index contributed by atoms with van der Waals surface area (Å²) in [7, 11) is 0. The van der Waals surface area contributed by atoms with Crippen molar-refractivity contribution in [2.45, 2.75) is 13.3 Å². The van der Waals surface area contributed by atoms with Gasteiger partial charge in [-0.3, -0.25) is 0 Å². The topological polar surface area (TPSA) is 68.0 Å². The monoisotopic (exact) mass is 295 g/mol. The molecule has 1 aromatic carbocycles. The lowest BCUT2D eigenvalue weighted by Gasteiger charge is -2.09. The average molecular weight is 295 g/mol. The minimum atomic E-state index is -4.75. The van der Waals surface area contributed by atoms with Crippen molar-refractivity contribution in [3.63, 3.8) is 0 Å². The molecule has 2 rings (SSSR count). The van der Waals surface area contributed by atoms with Crippen LogP contribution in [-0.4, -0.2) is 16.3 Å². The summed E-state index contributed by atoms with van der Waals surface area (Å²) in [6, 6.07) is 8.03. The molecule has 0 spiro atoms. The first-order valence-electron chi connectivity index (χ1n) is 5.65. The Bertz CT molecular complexity index is 679. The number of aromatic nitrogens is 2. The van der Waals surface area contributed by atoms with Gasteiger partial charge in [0.05, 0.1) is 0 Å². The van der Waals surface area contributed by atoms with E-state index in [9.17, 15) is 13.2 Å². The Kier molecular flexibility index (Phi) is 3.93. The molecule has 0 aliphatic carbocycles. The minimum absolute atomic E-state index is 0.0592. The molecule has 0 aliphatic heterocycles. The molecule has 2 aromatic rings. The molecule has 0 aliphatic rings. The van der Waals surface area contributed by atoms with Gasteiger partial charge in [0.2, 0.25) is 0 Å². The van der Waals surface area contributed by atoms with Gasteiger partial charge in [0, 0.05) is 5.69 Å². The molecule has 0 bridgehead atoms. The van der Waals surface area contributed by atoms with Crippen LogP contribution in [0.5, 0.6) is 17.5 Å². The number of hydrogen-bond acceptors (Lipinski definition) is 5. The third kappa shape index (κ3) is 4.35. The van der Waals surface area contributed by atoms with E-state index in [-0.39, 0.29) is 23.2 Å². The first-order chi connectivity index (χ1) is 9.85. The second-order valence-electron chi connectivity index (χ2n) is 3.91. The van der Waals surface area contributed by atoms with E-state index in [4.69, 9.17) is 10.00 Å². The molecule has 0 saturated carbocycles. The van der Waals surface area contributed by atoms with Crippen molar-refractivity contribution in [2.75, 3.05) is 0 Å². The predicted octanol–water partition coefficient (Wildman–Crippen LogP) is 3.35. The van der Waals surface area contributed by atoms with Crippen molar-refractivity contribution in [3.8, 4) is 23.6 Å². The van der Waals surface area contributed by atoms with Crippen LogP contribution >= 0.6 is 0 Å². The molecule has 0 fully saturated rings. The van der Waals surface area contributed by atoms with Crippen LogP contribution in [-0.2, 0) is 0 Å². The lowest BCUT2D eigenvalue weighted by Crippen LogP contribution is -2.16. The van der Waals surface area contributed by atoms with Crippen LogP contribution in [0.1, 0.15) is 11.4 Å². The minimum Gasteiger partial charge on any atom is -0.424 e. The Morgan fingerprint density at radius 3 is 2.29 bits per heavy atom. The number of nitrogens with zero attached hydrogens (tertiary/aromatic N) is 3. The molecule has 8 heteroatoms.